The number of hydrogen-bond acceptors (Lipinski definition) is 3. The van der Waals surface area contributed by atoms with E-state index in [0.717, 1.165) is 23.9 Å². The van der Waals surface area contributed by atoms with E-state index in [1.54, 1.807) is 12.1 Å². The summed E-state index contributed by atoms with van der Waals surface area (Å²) in [6.45, 7) is 1.73. The van der Waals surface area contributed by atoms with Gasteiger partial charge in [0.2, 0.25) is 5.91 Å². The number of H-pyrrole nitrogens is 1. The largest absolute Gasteiger partial charge is 0.489 e. The minimum absolute atomic E-state index is 0.150. The Bertz CT molecular complexity index is 1030. The van der Waals surface area contributed by atoms with Gasteiger partial charge in [-0.2, -0.15) is 0 Å². The molecule has 1 aliphatic rings. The molecule has 0 atom stereocenters. The van der Waals surface area contributed by atoms with Crippen LogP contribution in [0.2, 0.25) is 5.02 Å². The van der Waals surface area contributed by atoms with Crippen LogP contribution >= 0.6 is 11.6 Å². The summed E-state index contributed by atoms with van der Waals surface area (Å²) in [5.74, 6) is 1.03. The van der Waals surface area contributed by atoms with Gasteiger partial charge in [-0.1, -0.05) is 29.8 Å². The third-order valence-electron chi connectivity index (χ3n) is 4.62. The summed E-state index contributed by atoms with van der Waals surface area (Å²) in [5.41, 5.74) is 3.09. The van der Waals surface area contributed by atoms with Crippen LogP contribution in [0.4, 0.5) is 0 Å². The Hall–Kier alpha value is -2.92. The van der Waals surface area contributed by atoms with E-state index in [-0.39, 0.29) is 5.91 Å². The van der Waals surface area contributed by atoms with Crippen LogP contribution in [0.25, 0.3) is 17.0 Å². The first-order valence-corrected chi connectivity index (χ1v) is 9.68. The Morgan fingerprint density at radius 3 is 3.00 bits per heavy atom. The minimum Gasteiger partial charge on any atom is -0.489 e. The molecule has 2 heterocycles. The van der Waals surface area contributed by atoms with Crippen molar-refractivity contribution >= 4 is 34.5 Å². The Balaban J connectivity index is 1.35. The molecule has 2 aromatic carbocycles. The average molecular weight is 397 g/mol. The molecule has 144 valence electrons. The molecule has 0 radical (unpaired) electrons. The highest BCUT2D eigenvalue weighted by atomic mass is 35.5. The van der Waals surface area contributed by atoms with E-state index in [4.69, 9.17) is 21.1 Å². The lowest BCUT2D eigenvalue weighted by atomic mass is 10.1. The summed E-state index contributed by atoms with van der Waals surface area (Å²) in [4.78, 5) is 15.4. The van der Waals surface area contributed by atoms with Crippen LogP contribution in [-0.4, -0.2) is 30.6 Å². The van der Waals surface area contributed by atoms with Crippen LogP contribution in [0.5, 0.6) is 11.5 Å². The van der Waals surface area contributed by atoms with E-state index < -0.39 is 0 Å². The molecule has 0 saturated carbocycles. The summed E-state index contributed by atoms with van der Waals surface area (Å²) in [6, 6.07) is 11.7. The molecular weight excluding hydrogens is 376 g/mol. The summed E-state index contributed by atoms with van der Waals surface area (Å²) in [6.07, 6.45) is 6.80. The normalized spacial score (nSPS) is 13.6. The Morgan fingerprint density at radius 1 is 1.21 bits per heavy atom. The van der Waals surface area contributed by atoms with E-state index in [9.17, 15) is 4.79 Å². The predicted octanol–water partition coefficient (Wildman–Crippen LogP) is 4.35. The maximum atomic E-state index is 12.1. The van der Waals surface area contributed by atoms with E-state index in [1.807, 2.05) is 30.5 Å². The molecule has 28 heavy (non-hydrogen) atoms. The molecule has 3 aromatic rings. The van der Waals surface area contributed by atoms with Crippen LogP contribution in [0.3, 0.4) is 0 Å². The molecule has 1 amide bonds. The van der Waals surface area contributed by atoms with E-state index in [1.165, 1.54) is 17.0 Å². The predicted molar refractivity (Wildman–Crippen MR) is 111 cm³/mol. The number of rotatable bonds is 5. The summed E-state index contributed by atoms with van der Waals surface area (Å²) >= 11 is 6.28. The molecule has 4 rings (SSSR count). The number of para-hydroxylation sites is 1. The van der Waals surface area contributed by atoms with Crippen molar-refractivity contribution in [1.29, 1.82) is 0 Å². The second-order valence-corrected chi connectivity index (χ2v) is 7.02. The molecule has 0 spiro atoms. The molecular formula is C22H21ClN2O3. The molecule has 1 aromatic heterocycles. The van der Waals surface area contributed by atoms with Crippen molar-refractivity contribution in [2.24, 2.45) is 0 Å². The van der Waals surface area contributed by atoms with Gasteiger partial charge in [0.1, 0.15) is 0 Å². The zero-order chi connectivity index (χ0) is 19.3. The van der Waals surface area contributed by atoms with Gasteiger partial charge in [0.15, 0.2) is 11.5 Å². The number of carbonyl (C=O) groups excluding carboxylic acids is 1. The Kier molecular flexibility index (Phi) is 5.53. The van der Waals surface area contributed by atoms with Gasteiger partial charge in [0.25, 0.3) is 0 Å². The fourth-order valence-corrected chi connectivity index (χ4v) is 3.51. The molecule has 0 unspecified atom stereocenters. The fraction of sp³-hybridized carbons (Fsp3) is 0.227. The van der Waals surface area contributed by atoms with Gasteiger partial charge in [0, 0.05) is 36.1 Å². The molecule has 1 aliphatic heterocycles. The number of nitrogens with one attached hydrogen (secondary N) is 2. The highest BCUT2D eigenvalue weighted by Crippen LogP contribution is 2.38. The van der Waals surface area contributed by atoms with Crippen molar-refractivity contribution < 1.29 is 14.3 Å². The fourth-order valence-electron chi connectivity index (χ4n) is 3.24. The smallest absolute Gasteiger partial charge is 0.244 e. The maximum absolute atomic E-state index is 12.1. The number of aromatic nitrogens is 1. The second-order valence-electron chi connectivity index (χ2n) is 6.61. The lowest BCUT2D eigenvalue weighted by Gasteiger charge is -2.10. The van der Waals surface area contributed by atoms with Crippen LogP contribution in [0.1, 0.15) is 17.5 Å². The van der Waals surface area contributed by atoms with Gasteiger partial charge in [-0.25, -0.2) is 0 Å². The second kappa shape index (κ2) is 8.40. The number of ether oxygens (including phenoxy) is 2. The van der Waals surface area contributed by atoms with Crippen LogP contribution in [0, 0.1) is 0 Å². The quantitative estimate of drug-likeness (QED) is 0.630. The van der Waals surface area contributed by atoms with Gasteiger partial charge in [-0.3, -0.25) is 4.79 Å². The summed E-state index contributed by atoms with van der Waals surface area (Å²) in [5, 5.41) is 4.59. The van der Waals surface area contributed by atoms with Crippen molar-refractivity contribution in [3.8, 4) is 11.5 Å². The number of fused-ring (bicyclic) bond motifs is 2. The van der Waals surface area contributed by atoms with Gasteiger partial charge in [0.05, 0.1) is 18.2 Å². The highest BCUT2D eigenvalue weighted by molar-refractivity contribution is 6.32. The molecule has 6 heteroatoms. The lowest BCUT2D eigenvalue weighted by Crippen LogP contribution is -2.23. The number of amides is 1. The maximum Gasteiger partial charge on any atom is 0.244 e. The molecule has 0 saturated heterocycles. The first-order chi connectivity index (χ1) is 13.7. The SMILES string of the molecule is O=C(C=Cc1cc(Cl)c2c(c1)OCCCO2)NCCc1c[nH]c2ccccc12. The molecule has 0 aliphatic carbocycles. The molecule has 0 fully saturated rings. The van der Waals surface area contributed by atoms with Crippen molar-refractivity contribution in [3.63, 3.8) is 0 Å². The number of aromatic amines is 1. The third-order valence-corrected chi connectivity index (χ3v) is 4.90. The highest BCUT2D eigenvalue weighted by Gasteiger charge is 2.15. The van der Waals surface area contributed by atoms with Crippen molar-refractivity contribution in [1.82, 2.24) is 10.3 Å². The van der Waals surface area contributed by atoms with Crippen molar-refractivity contribution in [2.75, 3.05) is 19.8 Å². The topological polar surface area (TPSA) is 63.4 Å². The van der Waals surface area contributed by atoms with Crippen LogP contribution in [-0.2, 0) is 11.2 Å². The zero-order valence-electron chi connectivity index (χ0n) is 15.3. The Morgan fingerprint density at radius 2 is 2.07 bits per heavy atom. The van der Waals surface area contributed by atoms with Crippen LogP contribution < -0.4 is 14.8 Å². The number of halogens is 1. The van der Waals surface area contributed by atoms with Gasteiger partial charge in [-0.05, 0) is 41.8 Å². The van der Waals surface area contributed by atoms with Crippen molar-refractivity contribution in [3.05, 3.63) is 64.8 Å². The standard InChI is InChI=1S/C22H21ClN2O3/c23-18-12-15(13-20-22(18)28-11-3-10-27-20)6-7-21(26)24-9-8-16-14-25-19-5-2-1-4-17(16)19/h1-2,4-7,12-14,25H,3,8-11H2,(H,24,26). The van der Waals surface area contributed by atoms with Crippen molar-refractivity contribution in [2.45, 2.75) is 12.8 Å². The van der Waals surface area contributed by atoms with Gasteiger partial charge >= 0.3 is 0 Å². The lowest BCUT2D eigenvalue weighted by molar-refractivity contribution is -0.116. The molecule has 5 nitrogen and oxygen atoms in total. The summed E-state index contributed by atoms with van der Waals surface area (Å²) < 4.78 is 11.3. The molecule has 2 N–H and O–H groups in total. The van der Waals surface area contributed by atoms with E-state index in [0.29, 0.717) is 36.3 Å². The monoisotopic (exact) mass is 396 g/mol. The van der Waals surface area contributed by atoms with Gasteiger partial charge < -0.3 is 19.8 Å². The first kappa shape index (κ1) is 18.4. The van der Waals surface area contributed by atoms with E-state index in [2.05, 4.69) is 16.4 Å². The Labute approximate surface area is 168 Å². The average Bonchev–Trinajstić information content (AvgIpc) is 2.95. The number of hydrogen-bond donors (Lipinski definition) is 2. The minimum atomic E-state index is -0.150. The van der Waals surface area contributed by atoms with E-state index >= 15 is 0 Å². The first-order valence-electron chi connectivity index (χ1n) is 9.31. The molecule has 0 bridgehead atoms. The number of benzene rings is 2. The summed E-state index contributed by atoms with van der Waals surface area (Å²) in [7, 11) is 0. The van der Waals surface area contributed by atoms with Crippen LogP contribution in [0.15, 0.2) is 48.7 Å². The number of carbonyl (C=O) groups is 1. The zero-order valence-corrected chi connectivity index (χ0v) is 16.1. The van der Waals surface area contributed by atoms with Gasteiger partial charge in [-0.15, -0.1) is 0 Å². The third kappa shape index (κ3) is 4.15.